The van der Waals surface area contributed by atoms with Crippen LogP contribution in [0.25, 0.3) is 11.3 Å². The van der Waals surface area contributed by atoms with Crippen molar-refractivity contribution < 1.29 is 5.11 Å². The van der Waals surface area contributed by atoms with Crippen molar-refractivity contribution in [3.8, 4) is 17.0 Å². The summed E-state index contributed by atoms with van der Waals surface area (Å²) < 4.78 is 0. The van der Waals surface area contributed by atoms with E-state index in [0.29, 0.717) is 6.54 Å². The number of benzene rings is 1. The van der Waals surface area contributed by atoms with Crippen molar-refractivity contribution in [2.24, 2.45) is 5.73 Å². The molecule has 14 heavy (non-hydrogen) atoms. The fraction of sp³-hybridized carbons (Fsp3) is 0.100. The molecule has 3 N–H and O–H groups in total. The summed E-state index contributed by atoms with van der Waals surface area (Å²) in [5.74, 6) is 0.267. The van der Waals surface area contributed by atoms with E-state index in [0.717, 1.165) is 16.3 Å². The van der Waals surface area contributed by atoms with E-state index in [2.05, 4.69) is 4.98 Å². The third-order valence-electron chi connectivity index (χ3n) is 1.89. The van der Waals surface area contributed by atoms with E-state index in [4.69, 9.17) is 10.8 Å². The van der Waals surface area contributed by atoms with Gasteiger partial charge in [-0.3, -0.25) is 0 Å². The summed E-state index contributed by atoms with van der Waals surface area (Å²) in [4.78, 5) is 4.34. The molecule has 1 heterocycles. The molecular formula is C10H10N2OS. The third-order valence-corrected chi connectivity index (χ3v) is 2.76. The van der Waals surface area contributed by atoms with Crippen molar-refractivity contribution in [1.29, 1.82) is 0 Å². The van der Waals surface area contributed by atoms with Crippen LogP contribution in [0.2, 0.25) is 0 Å². The molecule has 0 atom stereocenters. The van der Waals surface area contributed by atoms with Gasteiger partial charge in [-0.1, -0.05) is 0 Å². The Balaban J connectivity index is 2.34. The molecule has 0 spiro atoms. The van der Waals surface area contributed by atoms with E-state index < -0.39 is 0 Å². The van der Waals surface area contributed by atoms with Crippen LogP contribution in [0.15, 0.2) is 29.6 Å². The first-order valence-electron chi connectivity index (χ1n) is 4.23. The highest BCUT2D eigenvalue weighted by Crippen LogP contribution is 2.23. The summed E-state index contributed by atoms with van der Waals surface area (Å²) in [7, 11) is 0. The zero-order chi connectivity index (χ0) is 9.97. The molecule has 0 bridgehead atoms. The lowest BCUT2D eigenvalue weighted by molar-refractivity contribution is 0.475. The van der Waals surface area contributed by atoms with Crippen molar-refractivity contribution >= 4 is 11.3 Å². The van der Waals surface area contributed by atoms with Gasteiger partial charge in [-0.25, -0.2) is 4.98 Å². The summed E-state index contributed by atoms with van der Waals surface area (Å²) in [5, 5.41) is 12.0. The maximum absolute atomic E-state index is 9.12. The predicted molar refractivity (Wildman–Crippen MR) is 57.1 cm³/mol. The van der Waals surface area contributed by atoms with Crippen LogP contribution in [-0.4, -0.2) is 10.1 Å². The highest BCUT2D eigenvalue weighted by atomic mass is 32.1. The molecule has 2 rings (SSSR count). The minimum absolute atomic E-state index is 0.267. The van der Waals surface area contributed by atoms with E-state index in [1.54, 1.807) is 23.5 Å². The van der Waals surface area contributed by atoms with Crippen molar-refractivity contribution in [3.63, 3.8) is 0 Å². The molecule has 0 unspecified atom stereocenters. The fourth-order valence-corrected chi connectivity index (χ4v) is 1.85. The van der Waals surface area contributed by atoms with Crippen LogP contribution in [-0.2, 0) is 6.54 Å². The second-order valence-electron chi connectivity index (χ2n) is 2.88. The Hall–Kier alpha value is -1.39. The van der Waals surface area contributed by atoms with Crippen LogP contribution in [0.5, 0.6) is 5.75 Å². The van der Waals surface area contributed by atoms with E-state index in [9.17, 15) is 0 Å². The Bertz CT molecular complexity index is 422. The maximum atomic E-state index is 9.12. The first-order chi connectivity index (χ1) is 6.79. The molecule has 1 aromatic carbocycles. The summed E-state index contributed by atoms with van der Waals surface area (Å²) in [6.45, 7) is 0.475. The first-order valence-corrected chi connectivity index (χ1v) is 5.11. The van der Waals surface area contributed by atoms with Crippen molar-refractivity contribution in [3.05, 3.63) is 34.7 Å². The van der Waals surface area contributed by atoms with Gasteiger partial charge < -0.3 is 10.8 Å². The van der Waals surface area contributed by atoms with E-state index >= 15 is 0 Å². The molecule has 2 aromatic rings. The average molecular weight is 206 g/mol. The number of phenolic OH excluding ortho intramolecular Hbond substituents is 1. The largest absolute Gasteiger partial charge is 0.508 e. The zero-order valence-electron chi connectivity index (χ0n) is 7.47. The van der Waals surface area contributed by atoms with Crippen LogP contribution >= 0.6 is 11.3 Å². The van der Waals surface area contributed by atoms with Gasteiger partial charge in [0.15, 0.2) is 0 Å². The zero-order valence-corrected chi connectivity index (χ0v) is 8.29. The first kappa shape index (κ1) is 9.18. The van der Waals surface area contributed by atoms with E-state index in [1.165, 1.54) is 0 Å². The van der Waals surface area contributed by atoms with Crippen molar-refractivity contribution in [2.45, 2.75) is 6.54 Å². The molecule has 0 fully saturated rings. The van der Waals surface area contributed by atoms with Gasteiger partial charge in [-0.2, -0.15) is 0 Å². The van der Waals surface area contributed by atoms with Crippen molar-refractivity contribution in [2.75, 3.05) is 0 Å². The number of nitrogens with two attached hydrogens (primary N) is 1. The fourth-order valence-electron chi connectivity index (χ4n) is 1.17. The Labute approximate surface area is 85.8 Å². The standard InChI is InChI=1S/C10H10N2OS/c11-5-10-12-9(6-14-10)7-1-3-8(13)4-2-7/h1-4,6,13H,5,11H2. The molecule has 0 saturated heterocycles. The number of nitrogens with zero attached hydrogens (tertiary/aromatic N) is 1. The van der Waals surface area contributed by atoms with Gasteiger partial charge in [0, 0.05) is 17.5 Å². The Morgan fingerprint density at radius 1 is 1.29 bits per heavy atom. The van der Waals surface area contributed by atoms with E-state index in [-0.39, 0.29) is 5.75 Å². The molecule has 0 amide bonds. The highest BCUT2D eigenvalue weighted by Gasteiger charge is 2.02. The number of aromatic hydroxyl groups is 1. The molecule has 0 aliphatic carbocycles. The van der Waals surface area contributed by atoms with Gasteiger partial charge in [0.25, 0.3) is 0 Å². The quantitative estimate of drug-likeness (QED) is 0.789. The van der Waals surface area contributed by atoms with Crippen LogP contribution < -0.4 is 5.73 Å². The molecule has 3 nitrogen and oxygen atoms in total. The van der Waals surface area contributed by atoms with Gasteiger partial charge in [-0.05, 0) is 24.3 Å². The van der Waals surface area contributed by atoms with Gasteiger partial charge in [0.2, 0.25) is 0 Å². The lowest BCUT2D eigenvalue weighted by Gasteiger charge is -1.96. The minimum atomic E-state index is 0.267. The molecule has 0 saturated carbocycles. The molecule has 0 aliphatic rings. The maximum Gasteiger partial charge on any atom is 0.115 e. The van der Waals surface area contributed by atoms with Crippen molar-refractivity contribution in [1.82, 2.24) is 4.98 Å². The van der Waals surface area contributed by atoms with Crippen LogP contribution in [0.1, 0.15) is 5.01 Å². The highest BCUT2D eigenvalue weighted by molar-refractivity contribution is 7.09. The number of phenols is 1. The molecule has 1 aromatic heterocycles. The predicted octanol–water partition coefficient (Wildman–Crippen LogP) is 1.97. The van der Waals surface area contributed by atoms with Crippen LogP contribution in [0.4, 0.5) is 0 Å². The van der Waals surface area contributed by atoms with Gasteiger partial charge in [-0.15, -0.1) is 11.3 Å². The Morgan fingerprint density at radius 3 is 2.57 bits per heavy atom. The monoisotopic (exact) mass is 206 g/mol. The third kappa shape index (κ3) is 1.76. The average Bonchev–Trinajstić information content (AvgIpc) is 2.67. The lowest BCUT2D eigenvalue weighted by Crippen LogP contribution is -1.94. The molecule has 4 heteroatoms. The summed E-state index contributed by atoms with van der Waals surface area (Å²) in [5.41, 5.74) is 7.38. The number of rotatable bonds is 2. The summed E-state index contributed by atoms with van der Waals surface area (Å²) >= 11 is 1.55. The second-order valence-corrected chi connectivity index (χ2v) is 3.82. The number of aromatic nitrogens is 1. The normalized spacial score (nSPS) is 10.4. The molecule has 0 radical (unpaired) electrons. The Kier molecular flexibility index (Phi) is 2.47. The number of hydrogen-bond acceptors (Lipinski definition) is 4. The summed E-state index contributed by atoms with van der Waals surface area (Å²) in [6, 6.07) is 6.98. The second kappa shape index (κ2) is 3.77. The molecule has 0 aliphatic heterocycles. The van der Waals surface area contributed by atoms with Gasteiger partial charge in [0.1, 0.15) is 10.8 Å². The Morgan fingerprint density at radius 2 is 2.00 bits per heavy atom. The number of thiazole rings is 1. The van der Waals surface area contributed by atoms with Crippen LogP contribution in [0.3, 0.4) is 0 Å². The van der Waals surface area contributed by atoms with E-state index in [1.807, 2.05) is 17.5 Å². The molecular weight excluding hydrogens is 196 g/mol. The topological polar surface area (TPSA) is 59.1 Å². The number of hydrogen-bond donors (Lipinski definition) is 2. The van der Waals surface area contributed by atoms with Gasteiger partial charge >= 0.3 is 0 Å². The minimum Gasteiger partial charge on any atom is -0.508 e. The molecule has 72 valence electrons. The summed E-state index contributed by atoms with van der Waals surface area (Å²) in [6.07, 6.45) is 0. The smallest absolute Gasteiger partial charge is 0.115 e. The lowest BCUT2D eigenvalue weighted by atomic mass is 10.2. The SMILES string of the molecule is NCc1nc(-c2ccc(O)cc2)cs1. The van der Waals surface area contributed by atoms with Crippen LogP contribution in [0, 0.1) is 0 Å². The van der Waals surface area contributed by atoms with Gasteiger partial charge in [0.05, 0.1) is 5.69 Å².